The second-order valence-electron chi connectivity index (χ2n) is 9.67. The van der Waals surface area contributed by atoms with Gasteiger partial charge in [0.1, 0.15) is 17.4 Å². The van der Waals surface area contributed by atoms with Crippen LogP contribution in [0.3, 0.4) is 0 Å². The second-order valence-corrected chi connectivity index (χ2v) is 9.67. The summed E-state index contributed by atoms with van der Waals surface area (Å²) in [6.07, 6.45) is -0.143. The van der Waals surface area contributed by atoms with Crippen molar-refractivity contribution in [2.45, 2.75) is 38.8 Å². The van der Waals surface area contributed by atoms with E-state index in [9.17, 15) is 18.8 Å². The molecule has 1 aliphatic rings. The van der Waals surface area contributed by atoms with E-state index in [0.717, 1.165) is 10.4 Å². The van der Waals surface area contributed by atoms with Gasteiger partial charge in [0.15, 0.2) is 5.58 Å². The predicted molar refractivity (Wildman–Crippen MR) is 133 cm³/mol. The fraction of sp³-hybridized carbons (Fsp3) is 0.214. The Kier molecular flexibility index (Phi) is 5.67. The third-order valence-corrected chi connectivity index (χ3v) is 6.13. The Morgan fingerprint density at radius 2 is 1.67 bits per heavy atom. The Bertz CT molecular complexity index is 1440. The molecule has 3 aromatic carbocycles. The summed E-state index contributed by atoms with van der Waals surface area (Å²) in [5.74, 6) is -1.36. The molecule has 0 bridgehead atoms. The van der Waals surface area contributed by atoms with Crippen LogP contribution < -0.4 is 4.90 Å². The molecular formula is C28H24FN3O4. The van der Waals surface area contributed by atoms with Crippen LogP contribution in [0.15, 0.2) is 77.2 Å². The van der Waals surface area contributed by atoms with Crippen LogP contribution in [-0.2, 0) is 9.59 Å². The van der Waals surface area contributed by atoms with E-state index in [-0.39, 0.29) is 12.0 Å². The van der Waals surface area contributed by atoms with Gasteiger partial charge in [-0.25, -0.2) is 14.3 Å². The number of rotatable bonds is 4. The van der Waals surface area contributed by atoms with E-state index in [1.165, 1.54) is 29.2 Å². The number of carbonyl (C=O) groups excluding carboxylic acids is 3. The Labute approximate surface area is 207 Å². The number of halogens is 1. The van der Waals surface area contributed by atoms with Crippen LogP contribution in [0.1, 0.15) is 37.6 Å². The van der Waals surface area contributed by atoms with Crippen LogP contribution >= 0.6 is 0 Å². The van der Waals surface area contributed by atoms with E-state index in [2.05, 4.69) is 4.98 Å². The lowest BCUT2D eigenvalue weighted by molar-refractivity contribution is -0.123. The number of carbonyl (C=O) groups is 3. The molecule has 1 saturated heterocycles. The largest absolute Gasteiger partial charge is 0.436 e. The minimum absolute atomic E-state index is 0.143. The summed E-state index contributed by atoms with van der Waals surface area (Å²) in [5, 5.41) is 0. The molecule has 8 heteroatoms. The standard InChI is InChI=1S/C28H24FN3O4/c1-28(2,3)32(26(34)18-8-12-19(29)13-9-18)22-16-24(33)31(27(22)35)20-14-10-17(11-15-20)25-30-21-6-4-5-7-23(21)36-25/h4-15,22H,16H2,1-3H3. The summed E-state index contributed by atoms with van der Waals surface area (Å²) in [6, 6.07) is 18.4. The third kappa shape index (κ3) is 4.15. The molecular weight excluding hydrogens is 461 g/mol. The highest BCUT2D eigenvalue weighted by Gasteiger charge is 2.47. The van der Waals surface area contributed by atoms with Gasteiger partial charge in [-0.1, -0.05) is 12.1 Å². The number of para-hydroxylation sites is 2. The summed E-state index contributed by atoms with van der Waals surface area (Å²) >= 11 is 0. The Morgan fingerprint density at radius 1 is 1.00 bits per heavy atom. The van der Waals surface area contributed by atoms with Gasteiger partial charge < -0.3 is 9.32 Å². The van der Waals surface area contributed by atoms with Crippen molar-refractivity contribution >= 4 is 34.5 Å². The molecule has 1 atom stereocenters. The fourth-order valence-corrected chi connectivity index (χ4v) is 4.48. The van der Waals surface area contributed by atoms with Crippen molar-refractivity contribution in [1.29, 1.82) is 0 Å². The maximum absolute atomic E-state index is 13.5. The smallest absolute Gasteiger partial charge is 0.257 e. The quantitative estimate of drug-likeness (QED) is 0.371. The molecule has 0 radical (unpaired) electrons. The maximum atomic E-state index is 13.5. The van der Waals surface area contributed by atoms with E-state index < -0.39 is 35.1 Å². The van der Waals surface area contributed by atoms with Gasteiger partial charge in [-0.05, 0) is 81.4 Å². The zero-order valence-corrected chi connectivity index (χ0v) is 20.1. The lowest BCUT2D eigenvalue weighted by Crippen LogP contribution is -2.54. The van der Waals surface area contributed by atoms with Crippen LogP contribution in [0.2, 0.25) is 0 Å². The van der Waals surface area contributed by atoms with Gasteiger partial charge in [0.2, 0.25) is 11.8 Å². The Balaban J connectivity index is 1.42. The first-order valence-corrected chi connectivity index (χ1v) is 11.6. The number of anilines is 1. The minimum Gasteiger partial charge on any atom is -0.436 e. The molecule has 5 rings (SSSR count). The Hall–Kier alpha value is -4.33. The molecule has 2 heterocycles. The minimum atomic E-state index is -0.980. The van der Waals surface area contributed by atoms with Crippen LogP contribution in [-0.4, -0.2) is 39.2 Å². The number of imide groups is 1. The van der Waals surface area contributed by atoms with Crippen molar-refractivity contribution in [3.8, 4) is 11.5 Å². The zero-order chi connectivity index (χ0) is 25.6. The van der Waals surface area contributed by atoms with Crippen molar-refractivity contribution in [1.82, 2.24) is 9.88 Å². The van der Waals surface area contributed by atoms with E-state index in [1.54, 1.807) is 45.0 Å². The van der Waals surface area contributed by atoms with Gasteiger partial charge >= 0.3 is 0 Å². The second kappa shape index (κ2) is 8.71. The summed E-state index contributed by atoms with van der Waals surface area (Å²) in [6.45, 7) is 5.39. The van der Waals surface area contributed by atoms with E-state index in [0.29, 0.717) is 22.7 Å². The highest BCUT2D eigenvalue weighted by molar-refractivity contribution is 6.23. The van der Waals surface area contributed by atoms with Gasteiger partial charge in [0.05, 0.1) is 12.1 Å². The van der Waals surface area contributed by atoms with Gasteiger partial charge in [-0.15, -0.1) is 0 Å². The average molecular weight is 486 g/mol. The number of amides is 3. The molecule has 36 heavy (non-hydrogen) atoms. The van der Waals surface area contributed by atoms with Crippen LogP contribution in [0.25, 0.3) is 22.6 Å². The average Bonchev–Trinajstić information content (AvgIpc) is 3.39. The molecule has 0 N–H and O–H groups in total. The van der Waals surface area contributed by atoms with Crippen LogP contribution in [0.4, 0.5) is 10.1 Å². The number of fused-ring (bicyclic) bond motifs is 1. The Morgan fingerprint density at radius 3 is 2.31 bits per heavy atom. The number of nitrogens with zero attached hydrogens (tertiary/aromatic N) is 3. The normalized spacial score (nSPS) is 16.1. The van der Waals surface area contributed by atoms with Crippen molar-refractivity contribution in [3.05, 3.63) is 84.2 Å². The monoisotopic (exact) mass is 485 g/mol. The molecule has 1 unspecified atom stereocenters. The summed E-state index contributed by atoms with van der Waals surface area (Å²) in [4.78, 5) is 46.8. The molecule has 1 aliphatic heterocycles. The molecule has 182 valence electrons. The molecule has 4 aromatic rings. The first-order chi connectivity index (χ1) is 17.1. The summed E-state index contributed by atoms with van der Waals surface area (Å²) in [5.41, 5.74) is 1.98. The number of hydrogen-bond acceptors (Lipinski definition) is 5. The highest BCUT2D eigenvalue weighted by Crippen LogP contribution is 2.32. The number of oxazole rings is 1. The van der Waals surface area contributed by atoms with Gasteiger partial charge in [-0.2, -0.15) is 0 Å². The first-order valence-electron chi connectivity index (χ1n) is 11.6. The third-order valence-electron chi connectivity index (χ3n) is 6.13. The topological polar surface area (TPSA) is 83.7 Å². The molecule has 0 saturated carbocycles. The zero-order valence-electron chi connectivity index (χ0n) is 20.1. The number of hydrogen-bond donors (Lipinski definition) is 0. The van der Waals surface area contributed by atoms with Crippen molar-refractivity contribution < 1.29 is 23.2 Å². The molecule has 3 amide bonds. The van der Waals surface area contributed by atoms with Gasteiger partial charge in [0.25, 0.3) is 11.8 Å². The molecule has 0 aliphatic carbocycles. The van der Waals surface area contributed by atoms with Crippen LogP contribution in [0, 0.1) is 5.82 Å². The lowest BCUT2D eigenvalue weighted by Gasteiger charge is -2.39. The van der Waals surface area contributed by atoms with E-state index in [4.69, 9.17) is 4.42 Å². The van der Waals surface area contributed by atoms with Crippen LogP contribution in [0.5, 0.6) is 0 Å². The summed E-state index contributed by atoms with van der Waals surface area (Å²) in [7, 11) is 0. The van der Waals surface area contributed by atoms with Crippen molar-refractivity contribution in [2.75, 3.05) is 4.90 Å². The van der Waals surface area contributed by atoms with Crippen molar-refractivity contribution in [2.24, 2.45) is 0 Å². The van der Waals surface area contributed by atoms with E-state index >= 15 is 0 Å². The maximum Gasteiger partial charge on any atom is 0.257 e. The molecule has 7 nitrogen and oxygen atoms in total. The number of aromatic nitrogens is 1. The highest BCUT2D eigenvalue weighted by atomic mass is 19.1. The van der Waals surface area contributed by atoms with Crippen molar-refractivity contribution in [3.63, 3.8) is 0 Å². The predicted octanol–water partition coefficient (Wildman–Crippen LogP) is 5.21. The SMILES string of the molecule is CC(C)(C)N(C(=O)c1ccc(F)cc1)C1CC(=O)N(c2ccc(-c3nc4ccccc4o3)cc2)C1=O. The number of benzene rings is 3. The summed E-state index contributed by atoms with van der Waals surface area (Å²) < 4.78 is 19.2. The molecule has 0 spiro atoms. The molecule has 1 aromatic heterocycles. The van der Waals surface area contributed by atoms with Gasteiger partial charge in [-0.3, -0.25) is 14.4 Å². The van der Waals surface area contributed by atoms with Gasteiger partial charge in [0, 0.05) is 16.7 Å². The first kappa shape index (κ1) is 23.4. The fourth-order valence-electron chi connectivity index (χ4n) is 4.48. The lowest BCUT2D eigenvalue weighted by atomic mass is 9.99. The van der Waals surface area contributed by atoms with E-state index in [1.807, 2.05) is 24.3 Å². The molecule has 1 fully saturated rings.